The summed E-state index contributed by atoms with van der Waals surface area (Å²) < 4.78 is 11.0. The quantitative estimate of drug-likeness (QED) is 0.899. The van der Waals surface area contributed by atoms with Crippen LogP contribution >= 0.6 is 0 Å². The van der Waals surface area contributed by atoms with Crippen molar-refractivity contribution >= 4 is 0 Å². The van der Waals surface area contributed by atoms with Crippen LogP contribution in [-0.4, -0.2) is 31.5 Å². The third-order valence-corrected chi connectivity index (χ3v) is 5.16. The predicted molar refractivity (Wildman–Crippen MR) is 81.8 cm³/mol. The summed E-state index contributed by atoms with van der Waals surface area (Å²) in [5, 5.41) is 14.6. The Morgan fingerprint density at radius 2 is 2.05 bits per heavy atom. The van der Waals surface area contributed by atoms with Gasteiger partial charge in [-0.1, -0.05) is 25.0 Å². The highest BCUT2D eigenvalue weighted by Crippen LogP contribution is 2.48. The van der Waals surface area contributed by atoms with Gasteiger partial charge in [0, 0.05) is 17.5 Å². The largest absolute Gasteiger partial charge is 0.493 e. The van der Waals surface area contributed by atoms with Crippen LogP contribution in [0.15, 0.2) is 18.2 Å². The molecule has 116 valence electrons. The number of ether oxygens (including phenoxy) is 2. The first-order valence-corrected chi connectivity index (χ1v) is 7.86. The molecular weight excluding hydrogens is 266 g/mol. The molecule has 1 aliphatic heterocycles. The number of benzene rings is 1. The van der Waals surface area contributed by atoms with Gasteiger partial charge in [0.05, 0.1) is 19.8 Å². The Balaban J connectivity index is 1.99. The minimum atomic E-state index is -0.526. The SMILES string of the molecule is COc1cccc([C@H]2NCC[C@@]3(O)CCCC[C@H]23)c1OC. The highest BCUT2D eigenvalue weighted by molar-refractivity contribution is 5.48. The molecule has 1 heterocycles. The summed E-state index contributed by atoms with van der Waals surface area (Å²) in [7, 11) is 3.34. The highest BCUT2D eigenvalue weighted by Gasteiger charge is 2.46. The average molecular weight is 291 g/mol. The molecule has 2 aliphatic rings. The molecule has 21 heavy (non-hydrogen) atoms. The summed E-state index contributed by atoms with van der Waals surface area (Å²) in [5.74, 6) is 1.79. The molecule has 3 atom stereocenters. The van der Waals surface area contributed by atoms with Crippen LogP contribution in [-0.2, 0) is 0 Å². The molecule has 4 nitrogen and oxygen atoms in total. The van der Waals surface area contributed by atoms with E-state index < -0.39 is 5.60 Å². The van der Waals surface area contributed by atoms with E-state index in [2.05, 4.69) is 11.4 Å². The number of piperidine rings is 1. The van der Waals surface area contributed by atoms with Crippen molar-refractivity contribution in [1.82, 2.24) is 5.32 Å². The highest BCUT2D eigenvalue weighted by atomic mass is 16.5. The van der Waals surface area contributed by atoms with Gasteiger partial charge in [-0.05, 0) is 31.9 Å². The first-order valence-electron chi connectivity index (χ1n) is 7.86. The van der Waals surface area contributed by atoms with Crippen molar-refractivity contribution in [2.45, 2.75) is 43.7 Å². The van der Waals surface area contributed by atoms with Gasteiger partial charge in [-0.25, -0.2) is 0 Å². The Morgan fingerprint density at radius 3 is 2.81 bits per heavy atom. The fourth-order valence-electron chi connectivity index (χ4n) is 4.11. The van der Waals surface area contributed by atoms with Gasteiger partial charge in [-0.3, -0.25) is 0 Å². The lowest BCUT2D eigenvalue weighted by molar-refractivity contribution is -0.0863. The number of nitrogens with one attached hydrogen (secondary N) is 1. The first-order chi connectivity index (χ1) is 10.2. The summed E-state index contributed by atoms with van der Waals surface area (Å²) in [6.07, 6.45) is 5.16. The summed E-state index contributed by atoms with van der Waals surface area (Å²) in [6, 6.07) is 6.13. The van der Waals surface area contributed by atoms with E-state index in [9.17, 15) is 5.11 Å². The van der Waals surface area contributed by atoms with Crippen LogP contribution in [0.2, 0.25) is 0 Å². The van der Waals surface area contributed by atoms with E-state index in [0.717, 1.165) is 49.3 Å². The molecule has 4 heteroatoms. The van der Waals surface area contributed by atoms with Gasteiger partial charge in [-0.2, -0.15) is 0 Å². The normalized spacial score (nSPS) is 32.3. The van der Waals surface area contributed by atoms with Crippen LogP contribution in [0.25, 0.3) is 0 Å². The molecule has 0 amide bonds. The summed E-state index contributed by atoms with van der Waals surface area (Å²) in [5.41, 5.74) is 0.573. The lowest BCUT2D eigenvalue weighted by Crippen LogP contribution is -2.53. The van der Waals surface area contributed by atoms with Gasteiger partial charge < -0.3 is 19.9 Å². The van der Waals surface area contributed by atoms with Crippen LogP contribution in [0.4, 0.5) is 0 Å². The third kappa shape index (κ3) is 2.51. The van der Waals surface area contributed by atoms with E-state index in [1.54, 1.807) is 14.2 Å². The monoisotopic (exact) mass is 291 g/mol. The lowest BCUT2D eigenvalue weighted by atomic mass is 9.66. The van der Waals surface area contributed by atoms with Crippen molar-refractivity contribution in [2.75, 3.05) is 20.8 Å². The number of aliphatic hydroxyl groups is 1. The Bertz CT molecular complexity index is 501. The van der Waals surface area contributed by atoms with Gasteiger partial charge in [0.15, 0.2) is 11.5 Å². The van der Waals surface area contributed by atoms with Gasteiger partial charge in [0.2, 0.25) is 0 Å². The summed E-state index contributed by atoms with van der Waals surface area (Å²) in [4.78, 5) is 0. The van der Waals surface area contributed by atoms with E-state index in [1.165, 1.54) is 6.42 Å². The minimum absolute atomic E-state index is 0.133. The Kier molecular flexibility index (Phi) is 4.09. The molecule has 2 fully saturated rings. The van der Waals surface area contributed by atoms with E-state index in [0.29, 0.717) is 0 Å². The summed E-state index contributed by atoms with van der Waals surface area (Å²) >= 11 is 0. The summed E-state index contributed by atoms with van der Waals surface area (Å²) in [6.45, 7) is 0.845. The maximum Gasteiger partial charge on any atom is 0.165 e. The van der Waals surface area contributed by atoms with E-state index >= 15 is 0 Å². The van der Waals surface area contributed by atoms with Crippen molar-refractivity contribution in [2.24, 2.45) is 5.92 Å². The molecule has 0 unspecified atom stereocenters. The number of fused-ring (bicyclic) bond motifs is 1. The molecule has 1 saturated heterocycles. The molecular formula is C17H25NO3. The lowest BCUT2D eigenvalue weighted by Gasteiger charge is -2.48. The van der Waals surface area contributed by atoms with Crippen molar-refractivity contribution in [3.8, 4) is 11.5 Å². The molecule has 3 rings (SSSR count). The van der Waals surface area contributed by atoms with Crippen molar-refractivity contribution < 1.29 is 14.6 Å². The van der Waals surface area contributed by atoms with Crippen LogP contribution < -0.4 is 14.8 Å². The fourth-order valence-corrected chi connectivity index (χ4v) is 4.11. The second-order valence-corrected chi connectivity index (χ2v) is 6.22. The zero-order valence-electron chi connectivity index (χ0n) is 12.9. The van der Waals surface area contributed by atoms with Crippen LogP contribution in [0.5, 0.6) is 11.5 Å². The zero-order chi connectivity index (χ0) is 14.9. The number of hydrogen-bond donors (Lipinski definition) is 2. The van der Waals surface area contributed by atoms with Crippen LogP contribution in [0.1, 0.15) is 43.7 Å². The molecule has 0 radical (unpaired) electrons. The first kappa shape index (κ1) is 14.7. The molecule has 1 saturated carbocycles. The van der Waals surface area contributed by atoms with Crippen molar-refractivity contribution in [3.63, 3.8) is 0 Å². The zero-order valence-corrected chi connectivity index (χ0v) is 12.9. The topological polar surface area (TPSA) is 50.7 Å². The van der Waals surface area contributed by atoms with Crippen LogP contribution in [0, 0.1) is 5.92 Å². The Labute approximate surface area is 126 Å². The molecule has 1 aromatic rings. The van der Waals surface area contributed by atoms with E-state index in [1.807, 2.05) is 12.1 Å². The number of hydrogen-bond acceptors (Lipinski definition) is 4. The second-order valence-electron chi connectivity index (χ2n) is 6.22. The standard InChI is InChI=1S/C17H25NO3/c1-20-14-8-5-6-12(16(14)21-2)15-13-7-3-4-9-17(13,19)10-11-18-15/h5-6,8,13,15,18-19H,3-4,7,9-11H2,1-2H3/t13-,15-,17+/m1/s1. The third-order valence-electron chi connectivity index (χ3n) is 5.16. The maximum absolute atomic E-state index is 11.0. The molecule has 0 bridgehead atoms. The van der Waals surface area contributed by atoms with Gasteiger partial charge in [-0.15, -0.1) is 0 Å². The number of para-hydroxylation sites is 1. The van der Waals surface area contributed by atoms with E-state index in [-0.39, 0.29) is 12.0 Å². The predicted octanol–water partition coefficient (Wildman–Crippen LogP) is 2.66. The minimum Gasteiger partial charge on any atom is -0.493 e. The number of methoxy groups -OCH3 is 2. The fraction of sp³-hybridized carbons (Fsp3) is 0.647. The Hall–Kier alpha value is -1.26. The van der Waals surface area contributed by atoms with Gasteiger partial charge in [0.25, 0.3) is 0 Å². The molecule has 2 N–H and O–H groups in total. The van der Waals surface area contributed by atoms with E-state index in [4.69, 9.17) is 9.47 Å². The van der Waals surface area contributed by atoms with Crippen LogP contribution in [0.3, 0.4) is 0 Å². The Morgan fingerprint density at radius 1 is 1.19 bits per heavy atom. The molecule has 1 aliphatic carbocycles. The molecule has 1 aromatic carbocycles. The molecule has 0 spiro atoms. The van der Waals surface area contributed by atoms with Crippen molar-refractivity contribution in [1.29, 1.82) is 0 Å². The smallest absolute Gasteiger partial charge is 0.165 e. The van der Waals surface area contributed by atoms with Crippen molar-refractivity contribution in [3.05, 3.63) is 23.8 Å². The average Bonchev–Trinajstić information content (AvgIpc) is 2.52. The van der Waals surface area contributed by atoms with Gasteiger partial charge >= 0.3 is 0 Å². The molecule has 0 aromatic heterocycles. The van der Waals surface area contributed by atoms with Gasteiger partial charge in [0.1, 0.15) is 0 Å². The number of rotatable bonds is 3. The second kappa shape index (κ2) is 5.85. The maximum atomic E-state index is 11.0.